The number of carbonyl (C=O) groups is 1. The summed E-state index contributed by atoms with van der Waals surface area (Å²) in [6.07, 6.45) is 0.724. The highest BCUT2D eigenvalue weighted by molar-refractivity contribution is 9.10. The second-order valence-corrected chi connectivity index (χ2v) is 5.63. The second-order valence-electron chi connectivity index (χ2n) is 3.73. The molecule has 0 heterocycles. The molecule has 1 amide bonds. The molecule has 5 heteroatoms. The van der Waals surface area contributed by atoms with E-state index < -0.39 is 0 Å². The lowest BCUT2D eigenvalue weighted by Crippen LogP contribution is -2.33. The second kappa shape index (κ2) is 7.11. The van der Waals surface area contributed by atoms with Gasteiger partial charge in [-0.1, -0.05) is 44.0 Å². The van der Waals surface area contributed by atoms with Crippen LogP contribution in [0, 0.1) is 5.82 Å². The normalized spacial score (nSPS) is 14.1. The third kappa shape index (κ3) is 4.76. The van der Waals surface area contributed by atoms with Crippen LogP contribution in [0.3, 0.4) is 0 Å². The van der Waals surface area contributed by atoms with Crippen molar-refractivity contribution in [3.63, 3.8) is 0 Å². The van der Waals surface area contributed by atoms with Crippen molar-refractivity contribution in [2.75, 3.05) is 5.33 Å². The first-order valence-corrected chi connectivity index (χ1v) is 7.34. The van der Waals surface area contributed by atoms with Crippen LogP contribution in [0.5, 0.6) is 0 Å². The molecule has 1 aromatic carbocycles. The molecule has 0 aromatic heterocycles. The van der Waals surface area contributed by atoms with Crippen molar-refractivity contribution >= 4 is 37.8 Å². The molecule has 1 unspecified atom stereocenters. The Labute approximate surface area is 117 Å². The summed E-state index contributed by atoms with van der Waals surface area (Å²) in [4.78, 5) is 11.5. The van der Waals surface area contributed by atoms with Crippen molar-refractivity contribution in [1.29, 1.82) is 0 Å². The van der Waals surface area contributed by atoms with Crippen molar-refractivity contribution in [3.8, 4) is 0 Å². The van der Waals surface area contributed by atoms with E-state index in [1.54, 1.807) is 12.1 Å². The Bertz CT molecular complexity index is 369. The van der Waals surface area contributed by atoms with E-state index in [1.807, 2.05) is 6.92 Å². The summed E-state index contributed by atoms with van der Waals surface area (Å²) in [5.74, 6) is -0.328. The average molecular weight is 367 g/mol. The van der Waals surface area contributed by atoms with Crippen molar-refractivity contribution in [1.82, 2.24) is 5.32 Å². The van der Waals surface area contributed by atoms with E-state index >= 15 is 0 Å². The summed E-state index contributed by atoms with van der Waals surface area (Å²) in [7, 11) is 0. The van der Waals surface area contributed by atoms with Gasteiger partial charge in [0.1, 0.15) is 5.82 Å². The predicted molar refractivity (Wildman–Crippen MR) is 74.1 cm³/mol. The van der Waals surface area contributed by atoms with Crippen molar-refractivity contribution in [3.05, 3.63) is 35.6 Å². The molecule has 2 atom stereocenters. The lowest BCUT2D eigenvalue weighted by atomic mass is 10.1. The Morgan fingerprint density at radius 2 is 2.00 bits per heavy atom. The van der Waals surface area contributed by atoms with Crippen LogP contribution in [0.15, 0.2) is 24.3 Å². The van der Waals surface area contributed by atoms with Crippen molar-refractivity contribution in [2.45, 2.75) is 24.2 Å². The number of carbonyl (C=O) groups excluding carboxylic acids is 1. The highest BCUT2D eigenvalue weighted by Crippen LogP contribution is 2.15. The zero-order chi connectivity index (χ0) is 12.8. The van der Waals surface area contributed by atoms with Gasteiger partial charge in [0, 0.05) is 5.33 Å². The number of halogens is 3. The molecular weight excluding hydrogens is 353 g/mol. The summed E-state index contributed by atoms with van der Waals surface area (Å²) < 4.78 is 12.7. The Balaban J connectivity index is 2.57. The lowest BCUT2D eigenvalue weighted by molar-refractivity contribution is -0.121. The van der Waals surface area contributed by atoms with E-state index in [0.717, 1.165) is 17.3 Å². The third-order valence-corrected chi connectivity index (χ3v) is 3.71. The van der Waals surface area contributed by atoms with E-state index in [0.29, 0.717) is 0 Å². The molecular formula is C12H14Br2FNO. The molecule has 0 aliphatic carbocycles. The number of nitrogens with one attached hydrogen (secondary N) is 1. The zero-order valence-electron chi connectivity index (χ0n) is 9.42. The molecule has 0 radical (unpaired) electrons. The van der Waals surface area contributed by atoms with Crippen LogP contribution in [-0.4, -0.2) is 16.1 Å². The maximum Gasteiger partial charge on any atom is 0.234 e. The fourth-order valence-electron chi connectivity index (χ4n) is 1.37. The van der Waals surface area contributed by atoms with Gasteiger partial charge < -0.3 is 5.32 Å². The van der Waals surface area contributed by atoms with Crippen LogP contribution in [0.25, 0.3) is 0 Å². The third-order valence-electron chi connectivity index (χ3n) is 2.38. The number of rotatable bonds is 5. The minimum absolute atomic E-state index is 0.0544. The number of benzene rings is 1. The number of hydrogen-bond acceptors (Lipinski definition) is 1. The maximum atomic E-state index is 12.7. The number of hydrogen-bond donors (Lipinski definition) is 1. The van der Waals surface area contributed by atoms with Crippen LogP contribution >= 0.6 is 31.9 Å². The van der Waals surface area contributed by atoms with E-state index in [9.17, 15) is 9.18 Å². The maximum absolute atomic E-state index is 12.7. The van der Waals surface area contributed by atoms with Crippen LogP contribution < -0.4 is 5.32 Å². The van der Waals surface area contributed by atoms with Crippen molar-refractivity contribution < 1.29 is 9.18 Å². The van der Waals surface area contributed by atoms with Crippen molar-refractivity contribution in [2.24, 2.45) is 0 Å². The molecule has 1 N–H and O–H groups in total. The smallest absolute Gasteiger partial charge is 0.234 e. The molecule has 0 aliphatic heterocycles. The molecule has 17 heavy (non-hydrogen) atoms. The Hall–Kier alpha value is -0.420. The topological polar surface area (TPSA) is 29.1 Å². The van der Waals surface area contributed by atoms with Gasteiger partial charge in [0.2, 0.25) is 5.91 Å². The van der Waals surface area contributed by atoms with E-state index in [1.165, 1.54) is 12.1 Å². The van der Waals surface area contributed by atoms with E-state index in [-0.39, 0.29) is 22.6 Å². The summed E-state index contributed by atoms with van der Waals surface area (Å²) in [6.45, 7) is 1.87. The first kappa shape index (κ1) is 14.6. The highest BCUT2D eigenvalue weighted by atomic mass is 79.9. The average Bonchev–Trinajstić information content (AvgIpc) is 2.30. The molecule has 0 saturated carbocycles. The number of alkyl halides is 2. The minimum atomic E-state index is -0.273. The van der Waals surface area contributed by atoms with Gasteiger partial charge in [-0.3, -0.25) is 4.79 Å². The minimum Gasteiger partial charge on any atom is -0.349 e. The SMILES string of the molecule is C[C@H](NC(=O)C(Br)CCBr)c1ccc(F)cc1. The zero-order valence-corrected chi connectivity index (χ0v) is 12.6. The van der Waals surface area contributed by atoms with Crippen LogP contribution in [-0.2, 0) is 4.79 Å². The molecule has 0 spiro atoms. The predicted octanol–water partition coefficient (Wildman–Crippen LogP) is 3.55. The summed E-state index contributed by atoms with van der Waals surface area (Å²) in [6, 6.07) is 6.00. The van der Waals surface area contributed by atoms with Gasteiger partial charge in [-0.15, -0.1) is 0 Å². The van der Waals surface area contributed by atoms with Crippen LogP contribution in [0.1, 0.15) is 24.9 Å². The van der Waals surface area contributed by atoms with Gasteiger partial charge in [-0.2, -0.15) is 0 Å². The summed E-state index contributed by atoms with van der Waals surface area (Å²) >= 11 is 6.60. The Morgan fingerprint density at radius 3 is 2.53 bits per heavy atom. The molecule has 0 bridgehead atoms. The molecule has 1 rings (SSSR count). The van der Waals surface area contributed by atoms with Gasteiger partial charge in [0.25, 0.3) is 0 Å². The monoisotopic (exact) mass is 365 g/mol. The molecule has 0 aliphatic rings. The van der Waals surface area contributed by atoms with Gasteiger partial charge in [-0.25, -0.2) is 4.39 Å². The number of amides is 1. The van der Waals surface area contributed by atoms with Gasteiger partial charge in [0.05, 0.1) is 10.9 Å². The van der Waals surface area contributed by atoms with Gasteiger partial charge >= 0.3 is 0 Å². The summed E-state index contributed by atoms with van der Waals surface area (Å²) in [5.41, 5.74) is 0.887. The molecule has 1 aromatic rings. The standard InChI is InChI=1S/C12H14Br2FNO/c1-8(9-2-4-10(15)5-3-9)16-12(17)11(14)6-7-13/h2-5,8,11H,6-7H2,1H3,(H,16,17)/t8-,11?/m0/s1. The quantitative estimate of drug-likeness (QED) is 0.793. The van der Waals surface area contributed by atoms with E-state index in [2.05, 4.69) is 37.2 Å². The van der Waals surface area contributed by atoms with Crippen LogP contribution in [0.2, 0.25) is 0 Å². The summed E-state index contributed by atoms with van der Waals surface area (Å²) in [5, 5.41) is 3.64. The lowest BCUT2D eigenvalue weighted by Gasteiger charge is -2.16. The molecule has 94 valence electrons. The first-order chi connectivity index (χ1) is 8.04. The molecule has 0 saturated heterocycles. The fraction of sp³-hybridized carbons (Fsp3) is 0.417. The molecule has 2 nitrogen and oxygen atoms in total. The fourth-order valence-corrected chi connectivity index (χ4v) is 2.80. The molecule has 0 fully saturated rings. The van der Waals surface area contributed by atoms with Crippen LogP contribution in [0.4, 0.5) is 4.39 Å². The largest absolute Gasteiger partial charge is 0.349 e. The van der Waals surface area contributed by atoms with Gasteiger partial charge in [-0.05, 0) is 31.0 Å². The Morgan fingerprint density at radius 1 is 1.41 bits per heavy atom. The van der Waals surface area contributed by atoms with Gasteiger partial charge in [0.15, 0.2) is 0 Å². The first-order valence-electron chi connectivity index (χ1n) is 5.30. The van der Waals surface area contributed by atoms with E-state index in [4.69, 9.17) is 0 Å². The highest BCUT2D eigenvalue weighted by Gasteiger charge is 2.16. The Kier molecular flexibility index (Phi) is 6.12.